The van der Waals surface area contributed by atoms with Crippen LogP contribution < -0.4 is 15.5 Å². The minimum absolute atomic E-state index is 0.0213. The normalized spacial score (nSPS) is 16.6. The van der Waals surface area contributed by atoms with E-state index in [1.54, 1.807) is 0 Å². The van der Waals surface area contributed by atoms with Crippen LogP contribution in [0.5, 0.6) is 0 Å². The van der Waals surface area contributed by atoms with E-state index in [0.717, 1.165) is 5.69 Å². The van der Waals surface area contributed by atoms with Gasteiger partial charge in [0.05, 0.1) is 26.4 Å². The SMILES string of the molecule is Cc1ccc(N)cc1C.O=C(O)c1cc(N2CCOCC2)nc(N2CCOCC2)n1. The smallest absolute Gasteiger partial charge is 0.354 e. The fourth-order valence-electron chi connectivity index (χ4n) is 3.16. The summed E-state index contributed by atoms with van der Waals surface area (Å²) >= 11 is 0. The van der Waals surface area contributed by atoms with Gasteiger partial charge in [0, 0.05) is 37.9 Å². The molecule has 2 saturated heterocycles. The van der Waals surface area contributed by atoms with E-state index in [9.17, 15) is 9.90 Å². The molecule has 9 heteroatoms. The zero-order chi connectivity index (χ0) is 21.5. The third-order valence-corrected chi connectivity index (χ3v) is 5.08. The number of carboxylic acid groups (broad SMARTS) is 1. The number of carboxylic acids is 1. The molecule has 162 valence electrons. The van der Waals surface area contributed by atoms with Crippen LogP contribution in [0.15, 0.2) is 24.3 Å². The highest BCUT2D eigenvalue weighted by Crippen LogP contribution is 2.19. The second kappa shape index (κ2) is 10.2. The lowest BCUT2D eigenvalue weighted by Gasteiger charge is -2.30. The summed E-state index contributed by atoms with van der Waals surface area (Å²) in [7, 11) is 0. The lowest BCUT2D eigenvalue weighted by atomic mass is 10.1. The lowest BCUT2D eigenvalue weighted by molar-refractivity contribution is 0.0690. The van der Waals surface area contributed by atoms with Crippen molar-refractivity contribution in [2.75, 3.05) is 68.1 Å². The number of nitrogen functional groups attached to an aromatic ring is 1. The van der Waals surface area contributed by atoms with Crippen molar-refractivity contribution >= 4 is 23.4 Å². The van der Waals surface area contributed by atoms with Gasteiger partial charge in [0.15, 0.2) is 5.69 Å². The summed E-state index contributed by atoms with van der Waals surface area (Å²) in [5.74, 6) is 0.0632. The van der Waals surface area contributed by atoms with Gasteiger partial charge in [0.2, 0.25) is 5.95 Å². The van der Waals surface area contributed by atoms with E-state index in [-0.39, 0.29) is 5.69 Å². The molecule has 0 bridgehead atoms. The molecule has 0 spiro atoms. The number of rotatable bonds is 3. The molecule has 9 nitrogen and oxygen atoms in total. The van der Waals surface area contributed by atoms with Gasteiger partial charge in [-0.2, -0.15) is 4.98 Å². The van der Waals surface area contributed by atoms with Gasteiger partial charge in [0.1, 0.15) is 5.82 Å². The van der Waals surface area contributed by atoms with Crippen LogP contribution in [0.4, 0.5) is 17.5 Å². The quantitative estimate of drug-likeness (QED) is 0.723. The highest BCUT2D eigenvalue weighted by atomic mass is 16.5. The standard InChI is InChI=1S/C13H18N4O4.C8H11N/c18-12(19)10-9-11(16-1-5-20-6-2-16)15-13(14-10)17-3-7-21-8-4-17;1-6-3-4-8(9)5-7(6)2/h9H,1-8H2,(H,18,19);3-5H,9H2,1-2H3. The molecule has 1 aromatic heterocycles. The van der Waals surface area contributed by atoms with Gasteiger partial charge in [-0.25, -0.2) is 9.78 Å². The first kappa shape index (κ1) is 21.8. The van der Waals surface area contributed by atoms with E-state index < -0.39 is 5.97 Å². The average Bonchev–Trinajstić information content (AvgIpc) is 2.78. The largest absolute Gasteiger partial charge is 0.477 e. The van der Waals surface area contributed by atoms with Crippen LogP contribution in [-0.4, -0.2) is 73.7 Å². The first-order valence-corrected chi connectivity index (χ1v) is 10.0. The Kier molecular flexibility index (Phi) is 7.42. The average molecular weight is 415 g/mol. The molecule has 1 aromatic carbocycles. The number of benzene rings is 1. The topological polar surface area (TPSA) is 114 Å². The van der Waals surface area contributed by atoms with E-state index in [4.69, 9.17) is 15.2 Å². The molecule has 0 atom stereocenters. The van der Waals surface area contributed by atoms with Gasteiger partial charge in [-0.1, -0.05) is 6.07 Å². The molecule has 0 radical (unpaired) electrons. The second-order valence-corrected chi connectivity index (χ2v) is 7.26. The number of hydrogen-bond donors (Lipinski definition) is 2. The highest BCUT2D eigenvalue weighted by Gasteiger charge is 2.21. The van der Waals surface area contributed by atoms with E-state index in [1.165, 1.54) is 17.2 Å². The Morgan fingerprint density at radius 3 is 2.07 bits per heavy atom. The number of nitrogens with two attached hydrogens (primary N) is 1. The Hall–Kier alpha value is -2.91. The number of ether oxygens (including phenoxy) is 2. The maximum atomic E-state index is 11.3. The molecule has 2 aromatic rings. The Balaban J connectivity index is 0.000000239. The highest BCUT2D eigenvalue weighted by molar-refractivity contribution is 5.86. The third kappa shape index (κ3) is 5.80. The van der Waals surface area contributed by atoms with Crippen molar-refractivity contribution in [3.05, 3.63) is 41.1 Å². The minimum atomic E-state index is -1.04. The fourth-order valence-corrected chi connectivity index (χ4v) is 3.16. The number of carbonyl (C=O) groups is 1. The van der Waals surface area contributed by atoms with Crippen LogP contribution in [-0.2, 0) is 9.47 Å². The number of anilines is 3. The van der Waals surface area contributed by atoms with Crippen molar-refractivity contribution in [2.24, 2.45) is 0 Å². The number of aromatic nitrogens is 2. The summed E-state index contributed by atoms with van der Waals surface area (Å²) in [6.07, 6.45) is 0. The molecule has 2 aliphatic rings. The van der Waals surface area contributed by atoms with Gasteiger partial charge in [-0.3, -0.25) is 0 Å². The summed E-state index contributed by atoms with van der Waals surface area (Å²) in [6, 6.07) is 7.46. The van der Waals surface area contributed by atoms with E-state index in [2.05, 4.69) is 23.8 Å². The van der Waals surface area contributed by atoms with Gasteiger partial charge in [-0.05, 0) is 37.1 Å². The zero-order valence-electron chi connectivity index (χ0n) is 17.5. The number of nitrogens with zero attached hydrogens (tertiary/aromatic N) is 4. The molecular formula is C21H29N5O4. The number of aryl methyl sites for hydroxylation is 2. The summed E-state index contributed by atoms with van der Waals surface area (Å²) in [6.45, 7) is 9.36. The monoisotopic (exact) mass is 415 g/mol. The molecular weight excluding hydrogens is 386 g/mol. The first-order valence-electron chi connectivity index (χ1n) is 10.0. The van der Waals surface area contributed by atoms with E-state index in [1.807, 2.05) is 28.0 Å². The van der Waals surface area contributed by atoms with Crippen molar-refractivity contribution < 1.29 is 19.4 Å². The predicted molar refractivity (Wildman–Crippen MR) is 115 cm³/mol. The van der Waals surface area contributed by atoms with Crippen molar-refractivity contribution in [1.82, 2.24) is 9.97 Å². The van der Waals surface area contributed by atoms with Crippen LogP contribution in [0.3, 0.4) is 0 Å². The zero-order valence-corrected chi connectivity index (χ0v) is 17.5. The maximum Gasteiger partial charge on any atom is 0.354 e. The molecule has 4 rings (SSSR count). The Labute approximate surface area is 176 Å². The van der Waals surface area contributed by atoms with Crippen LogP contribution in [0.2, 0.25) is 0 Å². The Morgan fingerprint density at radius 1 is 0.933 bits per heavy atom. The van der Waals surface area contributed by atoms with Gasteiger partial charge >= 0.3 is 5.97 Å². The molecule has 3 heterocycles. The van der Waals surface area contributed by atoms with E-state index in [0.29, 0.717) is 64.4 Å². The lowest BCUT2D eigenvalue weighted by Crippen LogP contribution is -2.39. The summed E-state index contributed by atoms with van der Waals surface area (Å²) in [5, 5.41) is 9.25. The Morgan fingerprint density at radius 2 is 1.53 bits per heavy atom. The number of hydrogen-bond acceptors (Lipinski definition) is 8. The third-order valence-electron chi connectivity index (χ3n) is 5.08. The molecule has 0 aliphatic carbocycles. The molecule has 2 fully saturated rings. The van der Waals surface area contributed by atoms with Gasteiger partial charge in [0.25, 0.3) is 0 Å². The molecule has 3 N–H and O–H groups in total. The van der Waals surface area contributed by atoms with Crippen molar-refractivity contribution in [3.63, 3.8) is 0 Å². The first-order chi connectivity index (χ1) is 14.4. The van der Waals surface area contributed by atoms with Crippen LogP contribution in [0.1, 0.15) is 21.6 Å². The van der Waals surface area contributed by atoms with Crippen LogP contribution >= 0.6 is 0 Å². The Bertz CT molecular complexity index is 828. The number of aromatic carboxylic acids is 1. The minimum Gasteiger partial charge on any atom is -0.477 e. The van der Waals surface area contributed by atoms with Crippen LogP contribution in [0.25, 0.3) is 0 Å². The van der Waals surface area contributed by atoms with Crippen molar-refractivity contribution in [2.45, 2.75) is 13.8 Å². The number of morpholine rings is 2. The molecule has 0 unspecified atom stereocenters. The summed E-state index contributed by atoms with van der Waals surface area (Å²) < 4.78 is 10.6. The molecule has 2 aliphatic heterocycles. The molecule has 30 heavy (non-hydrogen) atoms. The summed E-state index contributed by atoms with van der Waals surface area (Å²) in [4.78, 5) is 24.0. The summed E-state index contributed by atoms with van der Waals surface area (Å²) in [5.41, 5.74) is 8.95. The van der Waals surface area contributed by atoms with Crippen molar-refractivity contribution in [3.8, 4) is 0 Å². The fraction of sp³-hybridized carbons (Fsp3) is 0.476. The van der Waals surface area contributed by atoms with Gasteiger partial charge < -0.3 is 30.1 Å². The maximum absolute atomic E-state index is 11.3. The second-order valence-electron chi connectivity index (χ2n) is 7.26. The van der Waals surface area contributed by atoms with E-state index >= 15 is 0 Å². The molecule has 0 saturated carbocycles. The van der Waals surface area contributed by atoms with Crippen LogP contribution in [0, 0.1) is 13.8 Å². The van der Waals surface area contributed by atoms with Crippen molar-refractivity contribution in [1.29, 1.82) is 0 Å². The molecule has 0 amide bonds. The van der Waals surface area contributed by atoms with Gasteiger partial charge in [-0.15, -0.1) is 0 Å². The predicted octanol–water partition coefficient (Wildman–Crippen LogP) is 1.73.